The molecule has 0 aliphatic carbocycles. The van der Waals surface area contributed by atoms with Crippen LogP contribution in [0.15, 0.2) is 121 Å². The van der Waals surface area contributed by atoms with Gasteiger partial charge in [-0.2, -0.15) is 5.10 Å². The summed E-state index contributed by atoms with van der Waals surface area (Å²) in [5.41, 5.74) is 3.29. The lowest BCUT2D eigenvalue weighted by Gasteiger charge is -2.37. The van der Waals surface area contributed by atoms with E-state index in [0.29, 0.717) is 46.7 Å². The van der Waals surface area contributed by atoms with Crippen LogP contribution in [0.3, 0.4) is 0 Å². The zero-order chi connectivity index (χ0) is 39.6. The van der Waals surface area contributed by atoms with Gasteiger partial charge in [0.15, 0.2) is 5.82 Å². The average Bonchev–Trinajstić information content (AvgIpc) is 3.55. The normalized spacial score (nSPS) is 14.7. The highest BCUT2D eigenvalue weighted by Crippen LogP contribution is 2.45. The predicted molar refractivity (Wildman–Crippen MR) is 220 cm³/mol. The number of benzene rings is 5. The second-order valence-corrected chi connectivity index (χ2v) is 15.7. The number of fused-ring (bicyclic) bond motifs is 1. The van der Waals surface area contributed by atoms with Gasteiger partial charge in [-0.3, -0.25) is 4.79 Å². The summed E-state index contributed by atoms with van der Waals surface area (Å²) in [6.45, 7) is 6.18. The Bertz CT molecular complexity index is 2300. The molecule has 5 aromatic carbocycles. The van der Waals surface area contributed by atoms with Crippen LogP contribution in [-0.2, 0) is 19.8 Å². The molecular formula is C45H42Cl2N4O5. The molecule has 0 bridgehead atoms. The number of esters is 1. The number of likely N-dealkylation sites (tertiary alicyclic amines) is 1. The van der Waals surface area contributed by atoms with E-state index in [9.17, 15) is 14.4 Å². The predicted octanol–water partition coefficient (Wildman–Crippen LogP) is 10.2. The van der Waals surface area contributed by atoms with Gasteiger partial charge in [-0.25, -0.2) is 14.3 Å². The van der Waals surface area contributed by atoms with Crippen LogP contribution in [0.25, 0.3) is 22.0 Å². The Morgan fingerprint density at radius 3 is 1.93 bits per heavy atom. The third kappa shape index (κ3) is 7.49. The second kappa shape index (κ2) is 15.8. The van der Waals surface area contributed by atoms with E-state index in [1.165, 1.54) is 13.2 Å². The first-order valence-electron chi connectivity index (χ1n) is 18.5. The largest absolute Gasteiger partial charge is 0.465 e. The van der Waals surface area contributed by atoms with E-state index in [1.54, 1.807) is 11.0 Å². The van der Waals surface area contributed by atoms with Gasteiger partial charge in [0.25, 0.3) is 0 Å². The molecule has 6 aromatic rings. The Hall–Kier alpha value is -5.64. The number of carbonyl (C=O) groups is 3. The molecule has 1 aliphatic rings. The molecule has 56 heavy (non-hydrogen) atoms. The first-order valence-corrected chi connectivity index (χ1v) is 19.2. The van der Waals surface area contributed by atoms with Gasteiger partial charge in [-0.05, 0) is 80.1 Å². The third-order valence-electron chi connectivity index (χ3n) is 10.0. The fraction of sp³-hybridized carbons (Fsp3) is 0.244. The van der Waals surface area contributed by atoms with Gasteiger partial charge in [0.2, 0.25) is 5.91 Å². The van der Waals surface area contributed by atoms with Gasteiger partial charge in [-0.15, -0.1) is 0 Å². The number of piperidine rings is 1. The van der Waals surface area contributed by atoms with Crippen molar-refractivity contribution >= 4 is 57.9 Å². The van der Waals surface area contributed by atoms with Crippen molar-refractivity contribution in [1.29, 1.82) is 0 Å². The summed E-state index contributed by atoms with van der Waals surface area (Å²) in [6, 6.07) is 39.3. The molecule has 0 spiro atoms. The standard InChI is InChI=1S/C45H42Cl2N4O5/c1-44(2,3)56-43(54)50-24-14-15-30(28-50)41(52)48-40-36-25-29(34-26-35(42(53)55-4)38(47)27-37(34)46)22-23-39(36)51(49-40)45(31-16-8-5-9-17-31,32-18-10-6-11-19-32)33-20-12-7-13-21-33/h5-13,16-23,25-27,30H,14-15,24,28H2,1-4H3,(H,48,49,52)/t30-/m1/s1. The smallest absolute Gasteiger partial charge is 0.410 e. The number of nitrogens with one attached hydrogen (secondary N) is 1. The fourth-order valence-electron chi connectivity index (χ4n) is 7.48. The summed E-state index contributed by atoms with van der Waals surface area (Å²) in [7, 11) is 1.29. The maximum absolute atomic E-state index is 14.3. The number of aromatic nitrogens is 2. The number of hydrogen-bond acceptors (Lipinski definition) is 6. The molecule has 1 N–H and O–H groups in total. The highest BCUT2D eigenvalue weighted by molar-refractivity contribution is 6.38. The molecule has 1 aliphatic heterocycles. The first-order chi connectivity index (χ1) is 26.9. The van der Waals surface area contributed by atoms with Crippen LogP contribution in [0.4, 0.5) is 10.6 Å². The topological polar surface area (TPSA) is 103 Å². The number of nitrogens with zero attached hydrogens (tertiary/aromatic N) is 3. The van der Waals surface area contributed by atoms with Gasteiger partial charge in [-0.1, -0.05) is 120 Å². The molecule has 0 radical (unpaired) electrons. The highest BCUT2D eigenvalue weighted by Gasteiger charge is 2.41. The molecule has 1 atom stereocenters. The molecule has 1 saturated heterocycles. The molecule has 1 aromatic heterocycles. The zero-order valence-electron chi connectivity index (χ0n) is 31.6. The molecule has 0 saturated carbocycles. The summed E-state index contributed by atoms with van der Waals surface area (Å²) >= 11 is 13.2. The molecule has 286 valence electrons. The molecule has 2 amide bonds. The molecular weight excluding hydrogens is 747 g/mol. The Morgan fingerprint density at radius 2 is 1.38 bits per heavy atom. The minimum Gasteiger partial charge on any atom is -0.465 e. The van der Waals surface area contributed by atoms with Crippen molar-refractivity contribution in [2.75, 3.05) is 25.5 Å². The van der Waals surface area contributed by atoms with E-state index in [0.717, 1.165) is 22.2 Å². The number of anilines is 1. The monoisotopic (exact) mass is 788 g/mol. The number of amides is 2. The van der Waals surface area contributed by atoms with Crippen molar-refractivity contribution in [2.45, 2.75) is 44.8 Å². The lowest BCUT2D eigenvalue weighted by Crippen LogP contribution is -2.45. The Morgan fingerprint density at radius 1 is 0.786 bits per heavy atom. The maximum Gasteiger partial charge on any atom is 0.410 e. The van der Waals surface area contributed by atoms with Gasteiger partial charge >= 0.3 is 12.1 Å². The second-order valence-electron chi connectivity index (χ2n) is 14.9. The number of ether oxygens (including phenoxy) is 2. The Kier molecular flexibility index (Phi) is 10.9. The number of rotatable bonds is 8. The van der Waals surface area contributed by atoms with E-state index >= 15 is 0 Å². The van der Waals surface area contributed by atoms with Crippen LogP contribution in [0.2, 0.25) is 10.0 Å². The van der Waals surface area contributed by atoms with E-state index < -0.39 is 29.1 Å². The first kappa shape index (κ1) is 38.6. The van der Waals surface area contributed by atoms with Crippen molar-refractivity contribution in [1.82, 2.24) is 14.7 Å². The van der Waals surface area contributed by atoms with Crippen LogP contribution >= 0.6 is 23.2 Å². The van der Waals surface area contributed by atoms with Crippen molar-refractivity contribution in [3.8, 4) is 11.1 Å². The number of hydrogen-bond donors (Lipinski definition) is 1. The van der Waals surface area contributed by atoms with Gasteiger partial charge in [0.05, 0.1) is 29.1 Å². The summed E-state index contributed by atoms with van der Waals surface area (Å²) in [4.78, 5) is 41.6. The lowest BCUT2D eigenvalue weighted by atomic mass is 9.77. The summed E-state index contributed by atoms with van der Waals surface area (Å²) in [5.74, 6) is -1.04. The number of halogens is 2. The molecule has 11 heteroatoms. The van der Waals surface area contributed by atoms with Crippen LogP contribution in [0, 0.1) is 5.92 Å². The van der Waals surface area contributed by atoms with E-state index in [2.05, 4.69) is 41.7 Å². The number of carbonyl (C=O) groups excluding carboxylic acids is 3. The van der Waals surface area contributed by atoms with Crippen molar-refractivity contribution in [3.05, 3.63) is 154 Å². The van der Waals surface area contributed by atoms with Crippen LogP contribution in [0.5, 0.6) is 0 Å². The lowest BCUT2D eigenvalue weighted by molar-refractivity contribution is -0.121. The SMILES string of the molecule is COC(=O)c1cc(-c2ccc3c(c2)c(NC(=O)[C@@H]2CCCN(C(=O)OC(C)(C)C)C2)nn3C(c2ccccc2)(c2ccccc2)c2ccccc2)c(Cl)cc1Cl. The minimum atomic E-state index is -0.999. The summed E-state index contributed by atoms with van der Waals surface area (Å²) < 4.78 is 12.6. The summed E-state index contributed by atoms with van der Waals surface area (Å²) in [5, 5.41) is 9.61. The van der Waals surface area contributed by atoms with E-state index in [1.807, 2.05) is 98.2 Å². The average molecular weight is 790 g/mol. The molecule has 0 unspecified atom stereocenters. The molecule has 9 nitrogen and oxygen atoms in total. The van der Waals surface area contributed by atoms with Crippen LogP contribution in [-0.4, -0.2) is 58.5 Å². The van der Waals surface area contributed by atoms with Crippen LogP contribution < -0.4 is 5.32 Å². The van der Waals surface area contributed by atoms with Crippen molar-refractivity contribution in [3.63, 3.8) is 0 Å². The maximum atomic E-state index is 14.3. The van der Waals surface area contributed by atoms with E-state index in [-0.39, 0.29) is 23.0 Å². The highest BCUT2D eigenvalue weighted by atomic mass is 35.5. The van der Waals surface area contributed by atoms with Crippen molar-refractivity contribution < 1.29 is 23.9 Å². The Balaban J connectivity index is 1.44. The molecule has 7 rings (SSSR count). The van der Waals surface area contributed by atoms with Crippen LogP contribution in [0.1, 0.15) is 60.7 Å². The van der Waals surface area contributed by atoms with Gasteiger partial charge in [0.1, 0.15) is 11.1 Å². The Labute approximate surface area is 336 Å². The van der Waals surface area contributed by atoms with Gasteiger partial charge < -0.3 is 19.7 Å². The quantitative estimate of drug-likeness (QED) is 0.122. The summed E-state index contributed by atoms with van der Waals surface area (Å²) in [6.07, 6.45) is 0.792. The zero-order valence-corrected chi connectivity index (χ0v) is 33.1. The third-order valence-corrected chi connectivity index (χ3v) is 10.7. The van der Waals surface area contributed by atoms with E-state index in [4.69, 9.17) is 37.8 Å². The molecule has 2 heterocycles. The van der Waals surface area contributed by atoms with Gasteiger partial charge in [0, 0.05) is 29.1 Å². The molecule has 1 fully saturated rings. The minimum absolute atomic E-state index is 0.165. The number of methoxy groups -OCH3 is 1. The fourth-order valence-corrected chi connectivity index (χ4v) is 8.05. The van der Waals surface area contributed by atoms with Crippen molar-refractivity contribution in [2.24, 2.45) is 5.92 Å².